The van der Waals surface area contributed by atoms with Gasteiger partial charge in [0.2, 0.25) is 5.91 Å². The molecule has 6 rings (SSSR count). The number of primary amides is 1. The van der Waals surface area contributed by atoms with Crippen molar-refractivity contribution in [3.05, 3.63) is 63.7 Å². The van der Waals surface area contributed by atoms with Gasteiger partial charge in [-0.15, -0.1) is 0 Å². The monoisotopic (exact) mass is 641 g/mol. The van der Waals surface area contributed by atoms with Gasteiger partial charge in [0.15, 0.2) is 34.7 Å². The van der Waals surface area contributed by atoms with E-state index in [0.29, 0.717) is 6.54 Å². The van der Waals surface area contributed by atoms with Crippen molar-refractivity contribution in [1.82, 2.24) is 10.2 Å². The SMILES string of the molecule is CN(C)[C@@H]1C(=O)C(C(N)=O)C(=O)[C@@]2(O)C(=O)C3C(=O)c4c(O)cc(CNCC5Cc6ccccc6C5)c(C(F)(F)F)c4C[C@H]3C[C@@H]12. The fraction of sp³-hybridized carbons (Fsp3) is 0.485. The summed E-state index contributed by atoms with van der Waals surface area (Å²) in [4.78, 5) is 67.8. The van der Waals surface area contributed by atoms with E-state index < -0.39 is 99.4 Å². The first kappa shape index (κ1) is 32.0. The topological polar surface area (TPSA) is 167 Å². The predicted octanol–water partition coefficient (Wildman–Crippen LogP) is 1.39. The van der Waals surface area contributed by atoms with Crippen LogP contribution in [-0.4, -0.2) is 76.4 Å². The van der Waals surface area contributed by atoms with E-state index in [4.69, 9.17) is 5.73 Å². The van der Waals surface area contributed by atoms with Crippen LogP contribution in [0.5, 0.6) is 5.75 Å². The van der Waals surface area contributed by atoms with Crippen molar-refractivity contribution in [3.8, 4) is 5.75 Å². The Kier molecular flexibility index (Phi) is 7.72. The van der Waals surface area contributed by atoms with Crippen molar-refractivity contribution < 1.29 is 47.4 Å². The summed E-state index contributed by atoms with van der Waals surface area (Å²) >= 11 is 0. The largest absolute Gasteiger partial charge is 0.507 e. The molecule has 4 aliphatic rings. The van der Waals surface area contributed by atoms with Crippen LogP contribution in [0.25, 0.3) is 0 Å². The smallest absolute Gasteiger partial charge is 0.417 e. The third-order valence-corrected chi connectivity index (χ3v) is 10.3. The lowest BCUT2D eigenvalue weighted by Crippen LogP contribution is -2.74. The van der Waals surface area contributed by atoms with E-state index in [2.05, 4.69) is 5.32 Å². The van der Waals surface area contributed by atoms with E-state index in [1.165, 1.54) is 30.1 Å². The molecule has 244 valence electrons. The first-order chi connectivity index (χ1) is 21.6. The number of carbonyl (C=O) groups excluding carboxylic acids is 5. The van der Waals surface area contributed by atoms with E-state index in [1.807, 2.05) is 24.3 Å². The Labute approximate surface area is 262 Å². The van der Waals surface area contributed by atoms with Gasteiger partial charge in [-0.05, 0) is 86.5 Å². The fourth-order valence-electron chi connectivity index (χ4n) is 8.44. The highest BCUT2D eigenvalue weighted by atomic mass is 19.4. The van der Waals surface area contributed by atoms with Crippen LogP contribution in [0.15, 0.2) is 30.3 Å². The standard InChI is InChI=1S/C33H34F3N3O7/c1-39(2)26-20-10-17-9-19-23(27(41)22(17)29(43)32(20,46)30(44)24(28(26)42)31(37)45)21(40)11-18(25(19)33(34,35)36)13-38-12-14-7-15-5-3-4-6-16(15)8-14/h3-6,11,14,17,20,22,24,26,38,40,46H,7-10,12-13H2,1-2H3,(H2,37,45)/t17-,20-,22?,24?,26-,32-/m0/s1. The number of benzene rings is 2. The van der Waals surface area contributed by atoms with E-state index in [-0.39, 0.29) is 24.4 Å². The number of hydrogen-bond donors (Lipinski definition) is 4. The van der Waals surface area contributed by atoms with Crippen LogP contribution >= 0.6 is 0 Å². The highest BCUT2D eigenvalue weighted by Gasteiger charge is 2.69. The second-order valence-corrected chi connectivity index (χ2v) is 13.2. The first-order valence-corrected chi connectivity index (χ1v) is 15.1. The Morgan fingerprint density at radius 1 is 1.07 bits per heavy atom. The number of alkyl halides is 3. The minimum Gasteiger partial charge on any atom is -0.507 e. The Morgan fingerprint density at radius 3 is 2.26 bits per heavy atom. The third kappa shape index (κ3) is 4.78. The zero-order chi connectivity index (χ0) is 33.5. The number of nitrogens with two attached hydrogens (primary N) is 1. The van der Waals surface area contributed by atoms with Crippen molar-refractivity contribution in [3.63, 3.8) is 0 Å². The number of nitrogens with zero attached hydrogens (tertiary/aromatic N) is 1. The van der Waals surface area contributed by atoms with Crippen molar-refractivity contribution in [2.45, 2.75) is 50.0 Å². The quantitative estimate of drug-likeness (QED) is 0.341. The van der Waals surface area contributed by atoms with Crippen molar-refractivity contribution in [2.75, 3.05) is 20.6 Å². The summed E-state index contributed by atoms with van der Waals surface area (Å²) in [6.45, 7) is 0.175. The number of hydrogen-bond acceptors (Lipinski definition) is 9. The van der Waals surface area contributed by atoms with E-state index >= 15 is 0 Å². The number of ketones is 4. The minimum atomic E-state index is -4.93. The highest BCUT2D eigenvalue weighted by molar-refractivity contribution is 6.32. The number of likely N-dealkylation sites (N-methyl/N-ethyl adjacent to an activating group) is 1. The lowest BCUT2D eigenvalue weighted by Gasteiger charge is -2.52. The van der Waals surface area contributed by atoms with Crippen LogP contribution in [0.4, 0.5) is 13.2 Å². The molecule has 0 aliphatic heterocycles. The number of amides is 1. The Balaban J connectivity index is 1.35. The molecule has 0 aromatic heterocycles. The molecular weight excluding hydrogens is 607 g/mol. The molecule has 2 aromatic carbocycles. The molecule has 2 aromatic rings. The summed E-state index contributed by atoms with van der Waals surface area (Å²) in [7, 11) is 2.86. The van der Waals surface area contributed by atoms with Gasteiger partial charge in [0, 0.05) is 12.5 Å². The zero-order valence-corrected chi connectivity index (χ0v) is 25.2. The molecule has 2 fully saturated rings. The summed E-state index contributed by atoms with van der Waals surface area (Å²) in [5.41, 5.74) is 2.24. The molecule has 2 saturated carbocycles. The number of nitrogens with one attached hydrogen (secondary N) is 1. The molecule has 5 N–H and O–H groups in total. The molecule has 0 bridgehead atoms. The van der Waals surface area contributed by atoms with Crippen molar-refractivity contribution in [2.24, 2.45) is 35.3 Å². The van der Waals surface area contributed by atoms with Gasteiger partial charge in [0.25, 0.3) is 0 Å². The predicted molar refractivity (Wildman–Crippen MR) is 155 cm³/mol. The number of rotatable bonds is 6. The normalized spacial score (nSPS) is 29.4. The lowest BCUT2D eigenvalue weighted by atomic mass is 9.52. The number of phenolic OH excluding ortho intramolecular Hbond substituents is 1. The van der Waals surface area contributed by atoms with Gasteiger partial charge in [-0.3, -0.25) is 28.9 Å². The number of phenols is 1. The van der Waals surface area contributed by atoms with E-state index in [0.717, 1.165) is 18.9 Å². The van der Waals surface area contributed by atoms with Crippen LogP contribution in [0.3, 0.4) is 0 Å². The molecule has 2 unspecified atom stereocenters. The molecule has 0 saturated heterocycles. The van der Waals surface area contributed by atoms with Gasteiger partial charge >= 0.3 is 6.18 Å². The summed E-state index contributed by atoms with van der Waals surface area (Å²) in [6.07, 6.45) is -4.18. The molecule has 0 heterocycles. The highest BCUT2D eigenvalue weighted by Crippen LogP contribution is 2.52. The molecular formula is C33H34F3N3O7. The number of halogens is 3. The first-order valence-electron chi connectivity index (χ1n) is 15.1. The Bertz CT molecular complexity index is 1660. The van der Waals surface area contributed by atoms with Gasteiger partial charge in [-0.25, -0.2) is 0 Å². The third-order valence-electron chi connectivity index (χ3n) is 10.3. The number of aliphatic hydroxyl groups is 1. The van der Waals surface area contributed by atoms with Gasteiger partial charge in [0.05, 0.1) is 23.1 Å². The van der Waals surface area contributed by atoms with Crippen LogP contribution in [0.2, 0.25) is 0 Å². The molecule has 0 spiro atoms. The van der Waals surface area contributed by atoms with Crippen molar-refractivity contribution in [1.29, 1.82) is 0 Å². The molecule has 0 radical (unpaired) electrons. The molecule has 46 heavy (non-hydrogen) atoms. The van der Waals surface area contributed by atoms with Gasteiger partial charge in [0.1, 0.15) is 5.75 Å². The van der Waals surface area contributed by atoms with Gasteiger partial charge < -0.3 is 21.3 Å². The molecule has 13 heteroatoms. The summed E-state index contributed by atoms with van der Waals surface area (Å²) < 4.78 is 44.3. The maximum atomic E-state index is 14.8. The van der Waals surface area contributed by atoms with Gasteiger partial charge in [-0.2, -0.15) is 13.2 Å². The second kappa shape index (κ2) is 11.1. The van der Waals surface area contributed by atoms with E-state index in [9.17, 15) is 47.4 Å². The number of Topliss-reactive ketones (excluding diaryl/α,β-unsaturated/α-hetero) is 4. The maximum Gasteiger partial charge on any atom is 0.417 e. The van der Waals surface area contributed by atoms with Crippen molar-refractivity contribution >= 4 is 29.0 Å². The molecule has 10 nitrogen and oxygen atoms in total. The summed E-state index contributed by atoms with van der Waals surface area (Å²) in [5.74, 6) is -13.3. The summed E-state index contributed by atoms with van der Waals surface area (Å²) in [6, 6.07) is 7.44. The fourth-order valence-corrected chi connectivity index (χ4v) is 8.44. The second-order valence-electron chi connectivity index (χ2n) is 13.2. The summed E-state index contributed by atoms with van der Waals surface area (Å²) in [5, 5.41) is 25.7. The number of fused-ring (bicyclic) bond motifs is 4. The average Bonchev–Trinajstić information content (AvgIpc) is 3.36. The van der Waals surface area contributed by atoms with Crippen LogP contribution < -0.4 is 11.1 Å². The maximum absolute atomic E-state index is 14.8. The molecule has 4 aliphatic carbocycles. The van der Waals surface area contributed by atoms with E-state index in [1.54, 1.807) is 0 Å². The molecule has 1 amide bonds. The number of aromatic hydroxyl groups is 1. The van der Waals surface area contributed by atoms with Crippen LogP contribution in [0, 0.1) is 29.6 Å². The van der Waals surface area contributed by atoms with Gasteiger partial charge in [-0.1, -0.05) is 24.3 Å². The number of carbonyl (C=O) groups is 5. The van der Waals surface area contributed by atoms with Crippen LogP contribution in [-0.2, 0) is 51.2 Å². The Morgan fingerprint density at radius 2 is 1.70 bits per heavy atom. The lowest BCUT2D eigenvalue weighted by molar-refractivity contribution is -0.181. The Hall–Kier alpha value is -3.94. The van der Waals surface area contributed by atoms with Crippen LogP contribution in [0.1, 0.15) is 44.6 Å². The average molecular weight is 642 g/mol. The minimum absolute atomic E-state index is 0.173. The molecule has 6 atom stereocenters. The zero-order valence-electron chi connectivity index (χ0n) is 25.2.